The van der Waals surface area contributed by atoms with Crippen molar-refractivity contribution in [1.82, 2.24) is 10.2 Å². The number of likely N-dealkylation sites (tertiary alicyclic amines) is 1. The Morgan fingerprint density at radius 3 is 2.24 bits per heavy atom. The van der Waals surface area contributed by atoms with Crippen molar-refractivity contribution in [2.45, 2.75) is 82.7 Å². The van der Waals surface area contributed by atoms with Crippen LogP contribution in [-0.4, -0.2) is 60.1 Å². The lowest BCUT2D eigenvalue weighted by Crippen LogP contribution is -2.42. The lowest BCUT2D eigenvalue weighted by Gasteiger charge is -2.30. The maximum absolute atomic E-state index is 15.1. The Labute approximate surface area is 201 Å². The first-order valence-electron chi connectivity index (χ1n) is 13.1. The smallest absolute Gasteiger partial charge is 0.307 e. The van der Waals surface area contributed by atoms with Crippen LogP contribution in [0.1, 0.15) is 81.0 Å². The molecule has 1 heterocycles. The average molecular weight is 475 g/mol. The number of carbonyl (C=O) groups excluding carboxylic acids is 1. The quantitative estimate of drug-likeness (QED) is 0.423. The van der Waals surface area contributed by atoms with Gasteiger partial charge in [0.05, 0.1) is 17.2 Å². The van der Waals surface area contributed by atoms with Crippen molar-refractivity contribution >= 4 is 23.3 Å². The minimum atomic E-state index is -0.756. The van der Waals surface area contributed by atoms with Gasteiger partial charge >= 0.3 is 5.97 Å². The molecule has 1 unspecified atom stereocenters. The fraction of sp³-hybridized carbons (Fsp3) is 0.692. The molecular weight excluding hydrogens is 435 g/mol. The molecular formula is C26H39FN4O3. The molecule has 1 saturated heterocycles. The fourth-order valence-corrected chi connectivity index (χ4v) is 5.63. The number of piperidine rings is 1. The van der Waals surface area contributed by atoms with Crippen molar-refractivity contribution in [3.63, 3.8) is 0 Å². The van der Waals surface area contributed by atoms with E-state index >= 15 is 4.39 Å². The van der Waals surface area contributed by atoms with Crippen LogP contribution < -0.4 is 16.0 Å². The number of carboxylic acids is 1. The predicted molar refractivity (Wildman–Crippen MR) is 132 cm³/mol. The van der Waals surface area contributed by atoms with Gasteiger partial charge in [0, 0.05) is 37.4 Å². The van der Waals surface area contributed by atoms with Crippen molar-refractivity contribution < 1.29 is 19.1 Å². The van der Waals surface area contributed by atoms with E-state index in [1.807, 2.05) is 0 Å². The zero-order valence-corrected chi connectivity index (χ0v) is 20.1. The summed E-state index contributed by atoms with van der Waals surface area (Å²) >= 11 is 0. The molecule has 4 rings (SSSR count). The predicted octanol–water partition coefficient (Wildman–Crippen LogP) is 4.45. The normalized spacial score (nSPS) is 22.4. The molecule has 2 aliphatic carbocycles. The van der Waals surface area contributed by atoms with Crippen LogP contribution in [0.15, 0.2) is 12.1 Å². The summed E-state index contributed by atoms with van der Waals surface area (Å²) in [5.41, 5.74) is 1.49. The van der Waals surface area contributed by atoms with Crippen LogP contribution in [0, 0.1) is 11.7 Å². The second kappa shape index (κ2) is 11.9. The van der Waals surface area contributed by atoms with Crippen LogP contribution in [0.3, 0.4) is 0 Å². The van der Waals surface area contributed by atoms with Gasteiger partial charge in [-0.25, -0.2) is 4.39 Å². The first kappa shape index (κ1) is 24.8. The highest BCUT2D eigenvalue weighted by molar-refractivity contribution is 6.00. The van der Waals surface area contributed by atoms with Crippen LogP contribution in [0.2, 0.25) is 0 Å². The number of benzene rings is 1. The van der Waals surface area contributed by atoms with Crippen LogP contribution >= 0.6 is 0 Å². The Bertz CT molecular complexity index is 853. The number of rotatable bonds is 9. The van der Waals surface area contributed by atoms with Crippen molar-refractivity contribution in [3.05, 3.63) is 23.5 Å². The molecule has 8 heteroatoms. The summed E-state index contributed by atoms with van der Waals surface area (Å²) in [5.74, 6) is -1.79. The van der Waals surface area contributed by atoms with Crippen LogP contribution in [0.4, 0.5) is 15.8 Å². The second-order valence-electron chi connectivity index (χ2n) is 10.2. The molecule has 4 N–H and O–H groups in total. The molecule has 34 heavy (non-hydrogen) atoms. The Hall–Kier alpha value is -2.35. The third kappa shape index (κ3) is 6.62. The molecule has 1 amide bonds. The molecule has 2 saturated carbocycles. The number of nitrogens with zero attached hydrogens (tertiary/aromatic N) is 1. The van der Waals surface area contributed by atoms with Crippen molar-refractivity contribution in [1.29, 1.82) is 0 Å². The standard InChI is InChI=1S/C26H39FN4O3/c27-22-15-21(25(32)28-12-14-31-13-6-7-18(17-31)26(33)34)23(29-19-10-4-5-11-19)16-24(22)30-20-8-2-1-3-9-20/h15-16,18-20,29-30H,1-14,17H2,(H,28,32)(H,33,34). The third-order valence-corrected chi connectivity index (χ3v) is 7.60. The van der Waals surface area contributed by atoms with Gasteiger partial charge in [-0.15, -0.1) is 0 Å². The molecule has 188 valence electrons. The van der Waals surface area contributed by atoms with Gasteiger partial charge in [-0.05, 0) is 57.2 Å². The molecule has 1 aromatic carbocycles. The van der Waals surface area contributed by atoms with Gasteiger partial charge in [0.2, 0.25) is 0 Å². The highest BCUT2D eigenvalue weighted by atomic mass is 19.1. The van der Waals surface area contributed by atoms with Gasteiger partial charge in [0.15, 0.2) is 0 Å². The van der Waals surface area contributed by atoms with Crippen molar-refractivity contribution in [2.75, 3.05) is 36.8 Å². The molecule has 1 aromatic rings. The van der Waals surface area contributed by atoms with E-state index in [1.54, 1.807) is 6.07 Å². The summed E-state index contributed by atoms with van der Waals surface area (Å²) in [5, 5.41) is 19.1. The monoisotopic (exact) mass is 474 g/mol. The highest BCUT2D eigenvalue weighted by Gasteiger charge is 2.26. The molecule has 0 radical (unpaired) electrons. The lowest BCUT2D eigenvalue weighted by molar-refractivity contribution is -0.143. The minimum absolute atomic E-state index is 0.279. The van der Waals surface area contributed by atoms with E-state index < -0.39 is 11.8 Å². The number of carboxylic acid groups (broad SMARTS) is 1. The van der Waals surface area contributed by atoms with E-state index in [4.69, 9.17) is 0 Å². The number of amides is 1. The largest absolute Gasteiger partial charge is 0.481 e. The van der Waals surface area contributed by atoms with Gasteiger partial charge in [-0.3, -0.25) is 9.59 Å². The Morgan fingerprint density at radius 1 is 0.912 bits per heavy atom. The number of anilines is 2. The summed E-state index contributed by atoms with van der Waals surface area (Å²) in [6.45, 7) is 2.34. The van der Waals surface area contributed by atoms with Crippen molar-refractivity contribution in [2.24, 2.45) is 5.92 Å². The maximum Gasteiger partial charge on any atom is 0.307 e. The molecule has 3 fully saturated rings. The van der Waals surface area contributed by atoms with Crippen LogP contribution in [-0.2, 0) is 4.79 Å². The van der Waals surface area contributed by atoms with E-state index in [2.05, 4.69) is 20.9 Å². The van der Waals surface area contributed by atoms with E-state index in [0.717, 1.165) is 51.5 Å². The Kier molecular flexibility index (Phi) is 8.64. The van der Waals surface area contributed by atoms with Gasteiger partial charge in [0.1, 0.15) is 5.82 Å². The topological polar surface area (TPSA) is 93.7 Å². The summed E-state index contributed by atoms with van der Waals surface area (Å²) in [7, 11) is 0. The molecule has 3 aliphatic rings. The number of carbonyl (C=O) groups is 2. The number of hydrogen-bond donors (Lipinski definition) is 4. The summed E-state index contributed by atoms with van der Waals surface area (Å²) in [4.78, 5) is 26.4. The summed E-state index contributed by atoms with van der Waals surface area (Å²) in [6, 6.07) is 3.72. The minimum Gasteiger partial charge on any atom is -0.481 e. The van der Waals surface area contributed by atoms with Crippen LogP contribution in [0.5, 0.6) is 0 Å². The number of aliphatic carboxylic acids is 1. The Morgan fingerprint density at radius 2 is 1.56 bits per heavy atom. The van der Waals surface area contributed by atoms with E-state index in [9.17, 15) is 14.7 Å². The zero-order valence-electron chi connectivity index (χ0n) is 20.1. The van der Waals surface area contributed by atoms with Gasteiger partial charge in [0.25, 0.3) is 5.91 Å². The van der Waals surface area contributed by atoms with Gasteiger partial charge in [-0.1, -0.05) is 32.1 Å². The molecule has 1 atom stereocenters. The van der Waals surface area contributed by atoms with Gasteiger partial charge < -0.3 is 26.0 Å². The Balaban J connectivity index is 1.41. The highest BCUT2D eigenvalue weighted by Crippen LogP contribution is 2.31. The van der Waals surface area contributed by atoms with Gasteiger partial charge in [-0.2, -0.15) is 0 Å². The van der Waals surface area contributed by atoms with Crippen molar-refractivity contribution in [3.8, 4) is 0 Å². The second-order valence-corrected chi connectivity index (χ2v) is 10.2. The summed E-state index contributed by atoms with van der Waals surface area (Å²) < 4.78 is 15.1. The average Bonchev–Trinajstić information content (AvgIpc) is 3.35. The fourth-order valence-electron chi connectivity index (χ4n) is 5.63. The maximum atomic E-state index is 15.1. The molecule has 1 aliphatic heterocycles. The van der Waals surface area contributed by atoms with E-state index in [0.29, 0.717) is 49.0 Å². The first-order chi connectivity index (χ1) is 16.5. The molecule has 7 nitrogen and oxygen atoms in total. The number of nitrogens with one attached hydrogen (secondary N) is 3. The number of halogens is 1. The molecule has 0 spiro atoms. The van der Waals surface area contributed by atoms with E-state index in [-0.39, 0.29) is 17.9 Å². The first-order valence-corrected chi connectivity index (χ1v) is 13.1. The van der Waals surface area contributed by atoms with Crippen LogP contribution in [0.25, 0.3) is 0 Å². The third-order valence-electron chi connectivity index (χ3n) is 7.60. The summed E-state index contributed by atoms with van der Waals surface area (Å²) in [6.07, 6.45) is 11.7. The van der Waals surface area contributed by atoms with E-state index in [1.165, 1.54) is 25.3 Å². The molecule has 0 aromatic heterocycles. The molecule has 0 bridgehead atoms. The zero-order chi connectivity index (χ0) is 23.9. The number of hydrogen-bond acceptors (Lipinski definition) is 5. The lowest BCUT2D eigenvalue weighted by atomic mass is 9.95. The SMILES string of the molecule is O=C(NCCN1CCCC(C(=O)O)C1)c1cc(F)c(NC2CCCCC2)cc1NC1CCCC1.